The minimum absolute atomic E-state index is 0.0479. The third kappa shape index (κ3) is 3.70. The van der Waals surface area contributed by atoms with E-state index in [4.69, 9.17) is 4.74 Å². The summed E-state index contributed by atoms with van der Waals surface area (Å²) < 4.78 is 4.99. The summed E-state index contributed by atoms with van der Waals surface area (Å²) >= 11 is 0. The average molecular weight is 214 g/mol. The van der Waals surface area contributed by atoms with Crippen LogP contribution in [0.25, 0.3) is 0 Å². The van der Waals surface area contributed by atoms with Gasteiger partial charge < -0.3 is 15.0 Å². The van der Waals surface area contributed by atoms with Gasteiger partial charge in [0.25, 0.3) is 0 Å². The molecule has 1 aliphatic rings. The van der Waals surface area contributed by atoms with Gasteiger partial charge in [-0.25, -0.2) is 4.79 Å². The number of hydrogen-bond donors (Lipinski definition) is 1. The van der Waals surface area contributed by atoms with Crippen LogP contribution in [-0.2, 0) is 4.74 Å². The number of urea groups is 1. The van der Waals surface area contributed by atoms with Crippen LogP contribution in [0.5, 0.6) is 0 Å². The Labute approximate surface area is 92.0 Å². The molecule has 4 heteroatoms. The van der Waals surface area contributed by atoms with E-state index in [1.54, 1.807) is 7.11 Å². The highest BCUT2D eigenvalue weighted by Crippen LogP contribution is 2.16. The van der Waals surface area contributed by atoms with Crippen LogP contribution in [-0.4, -0.2) is 43.3 Å². The van der Waals surface area contributed by atoms with Gasteiger partial charge in [0, 0.05) is 19.7 Å². The van der Waals surface area contributed by atoms with Gasteiger partial charge in [-0.1, -0.05) is 0 Å². The first kappa shape index (κ1) is 12.3. The van der Waals surface area contributed by atoms with Crippen molar-refractivity contribution in [3.05, 3.63) is 0 Å². The van der Waals surface area contributed by atoms with Crippen LogP contribution in [0.15, 0.2) is 0 Å². The maximum atomic E-state index is 11.9. The van der Waals surface area contributed by atoms with Gasteiger partial charge in [0.15, 0.2) is 0 Å². The molecule has 0 aliphatic carbocycles. The predicted octanol–water partition coefficient (Wildman–Crippen LogP) is 1.61. The van der Waals surface area contributed by atoms with Crippen molar-refractivity contribution in [2.45, 2.75) is 45.2 Å². The Kier molecular flexibility index (Phi) is 4.88. The maximum Gasteiger partial charge on any atom is 0.317 e. The minimum atomic E-state index is 0.0479. The molecule has 0 aromatic heterocycles. The van der Waals surface area contributed by atoms with Crippen LogP contribution in [0.3, 0.4) is 0 Å². The van der Waals surface area contributed by atoms with Gasteiger partial charge >= 0.3 is 6.03 Å². The molecule has 1 N–H and O–H groups in total. The van der Waals surface area contributed by atoms with Crippen molar-refractivity contribution >= 4 is 6.03 Å². The van der Waals surface area contributed by atoms with Crippen LogP contribution in [0.1, 0.15) is 33.1 Å². The molecule has 0 aromatic rings. The lowest BCUT2D eigenvalue weighted by molar-refractivity contribution is 0.139. The number of ether oxygens (including phenoxy) is 1. The second kappa shape index (κ2) is 5.95. The topological polar surface area (TPSA) is 41.6 Å². The highest BCUT2D eigenvalue weighted by atomic mass is 16.5. The molecule has 1 heterocycles. The van der Waals surface area contributed by atoms with Crippen LogP contribution in [0.4, 0.5) is 4.79 Å². The third-order valence-electron chi connectivity index (χ3n) is 2.85. The van der Waals surface area contributed by atoms with Crippen LogP contribution >= 0.6 is 0 Å². The second-order valence-electron chi connectivity index (χ2n) is 4.34. The second-order valence-corrected chi connectivity index (χ2v) is 4.34. The Bertz CT molecular complexity index is 209. The SMILES string of the molecule is COCC(C)NC(=O)N1CCCCC1C. The zero-order valence-electron chi connectivity index (χ0n) is 9.95. The summed E-state index contributed by atoms with van der Waals surface area (Å²) in [4.78, 5) is 13.8. The van der Waals surface area contributed by atoms with E-state index >= 15 is 0 Å². The summed E-state index contributed by atoms with van der Waals surface area (Å²) in [7, 11) is 1.65. The lowest BCUT2D eigenvalue weighted by Gasteiger charge is -2.34. The normalized spacial score (nSPS) is 23.7. The van der Waals surface area contributed by atoms with Crippen molar-refractivity contribution in [3.63, 3.8) is 0 Å². The highest BCUT2D eigenvalue weighted by Gasteiger charge is 2.23. The van der Waals surface area contributed by atoms with Gasteiger partial charge in [0.1, 0.15) is 0 Å². The molecule has 2 atom stereocenters. The summed E-state index contributed by atoms with van der Waals surface area (Å²) in [5.74, 6) is 0. The molecular weight excluding hydrogens is 192 g/mol. The number of rotatable bonds is 3. The van der Waals surface area contributed by atoms with E-state index in [9.17, 15) is 4.79 Å². The van der Waals surface area contributed by atoms with Gasteiger partial charge in [-0.05, 0) is 33.1 Å². The monoisotopic (exact) mass is 214 g/mol. The summed E-state index contributed by atoms with van der Waals surface area (Å²) in [5, 5.41) is 2.94. The first-order chi connectivity index (χ1) is 7.15. The molecule has 1 rings (SSSR count). The van der Waals surface area contributed by atoms with Gasteiger partial charge in [-0.15, -0.1) is 0 Å². The Morgan fingerprint density at radius 3 is 2.93 bits per heavy atom. The molecule has 1 aliphatic heterocycles. The van der Waals surface area contributed by atoms with E-state index in [-0.39, 0.29) is 12.1 Å². The van der Waals surface area contributed by atoms with Crippen LogP contribution in [0.2, 0.25) is 0 Å². The number of likely N-dealkylation sites (tertiary alicyclic amines) is 1. The lowest BCUT2D eigenvalue weighted by atomic mass is 10.0. The number of carbonyl (C=O) groups is 1. The molecule has 0 bridgehead atoms. The van der Waals surface area contributed by atoms with Crippen molar-refractivity contribution in [1.29, 1.82) is 0 Å². The number of nitrogens with zero attached hydrogens (tertiary/aromatic N) is 1. The third-order valence-corrected chi connectivity index (χ3v) is 2.85. The Balaban J connectivity index is 2.37. The first-order valence-electron chi connectivity index (χ1n) is 5.71. The summed E-state index contributed by atoms with van der Waals surface area (Å²) in [6, 6.07) is 0.497. The summed E-state index contributed by atoms with van der Waals surface area (Å²) in [5.41, 5.74) is 0. The molecule has 0 radical (unpaired) electrons. The Hall–Kier alpha value is -0.770. The van der Waals surface area contributed by atoms with E-state index < -0.39 is 0 Å². The Morgan fingerprint density at radius 1 is 1.60 bits per heavy atom. The van der Waals surface area contributed by atoms with Gasteiger partial charge in [-0.3, -0.25) is 0 Å². The van der Waals surface area contributed by atoms with Crippen molar-refractivity contribution in [2.24, 2.45) is 0 Å². The molecule has 0 saturated carbocycles. The number of carbonyl (C=O) groups excluding carboxylic acids is 1. The number of nitrogens with one attached hydrogen (secondary N) is 1. The number of hydrogen-bond acceptors (Lipinski definition) is 2. The van der Waals surface area contributed by atoms with Gasteiger partial charge in [0.05, 0.1) is 12.6 Å². The molecule has 2 amide bonds. The quantitative estimate of drug-likeness (QED) is 0.775. The molecule has 0 aromatic carbocycles. The minimum Gasteiger partial charge on any atom is -0.383 e. The highest BCUT2D eigenvalue weighted by molar-refractivity contribution is 5.74. The van der Waals surface area contributed by atoms with Gasteiger partial charge in [-0.2, -0.15) is 0 Å². The van der Waals surface area contributed by atoms with Crippen molar-refractivity contribution in [3.8, 4) is 0 Å². The van der Waals surface area contributed by atoms with E-state index in [0.29, 0.717) is 12.6 Å². The van der Waals surface area contributed by atoms with Gasteiger partial charge in [0.2, 0.25) is 0 Å². The maximum absolute atomic E-state index is 11.9. The molecule has 2 unspecified atom stereocenters. The van der Waals surface area contributed by atoms with Crippen LogP contribution in [0, 0.1) is 0 Å². The van der Waals surface area contributed by atoms with Crippen molar-refractivity contribution in [1.82, 2.24) is 10.2 Å². The number of amides is 2. The fourth-order valence-electron chi connectivity index (χ4n) is 1.99. The van der Waals surface area contributed by atoms with E-state index in [1.807, 2.05) is 11.8 Å². The molecule has 88 valence electrons. The smallest absolute Gasteiger partial charge is 0.317 e. The van der Waals surface area contributed by atoms with Crippen molar-refractivity contribution in [2.75, 3.05) is 20.3 Å². The first-order valence-corrected chi connectivity index (χ1v) is 5.71. The molecule has 1 saturated heterocycles. The summed E-state index contributed by atoms with van der Waals surface area (Å²) in [6.07, 6.45) is 3.47. The summed E-state index contributed by atoms with van der Waals surface area (Å²) in [6.45, 7) is 5.51. The molecular formula is C11H22N2O2. The van der Waals surface area contributed by atoms with Crippen LogP contribution < -0.4 is 5.32 Å². The molecule has 15 heavy (non-hydrogen) atoms. The standard InChI is InChI=1S/C11H22N2O2/c1-9(8-15-3)12-11(14)13-7-5-4-6-10(13)2/h9-10H,4-8H2,1-3H3,(H,12,14). The fourth-order valence-corrected chi connectivity index (χ4v) is 1.99. The zero-order chi connectivity index (χ0) is 11.3. The number of piperidine rings is 1. The van der Waals surface area contributed by atoms with Crippen molar-refractivity contribution < 1.29 is 9.53 Å². The zero-order valence-corrected chi connectivity index (χ0v) is 9.95. The van der Waals surface area contributed by atoms with E-state index in [2.05, 4.69) is 12.2 Å². The average Bonchev–Trinajstić information content (AvgIpc) is 2.18. The van der Waals surface area contributed by atoms with E-state index in [1.165, 1.54) is 6.42 Å². The Morgan fingerprint density at radius 2 is 2.33 bits per heavy atom. The fraction of sp³-hybridized carbons (Fsp3) is 0.909. The number of methoxy groups -OCH3 is 1. The molecule has 1 fully saturated rings. The lowest BCUT2D eigenvalue weighted by Crippen LogP contribution is -2.50. The molecule has 4 nitrogen and oxygen atoms in total. The molecule has 0 spiro atoms. The largest absolute Gasteiger partial charge is 0.383 e. The predicted molar refractivity (Wildman–Crippen MR) is 59.9 cm³/mol. The van der Waals surface area contributed by atoms with E-state index in [0.717, 1.165) is 19.4 Å².